The molecule has 1 aromatic heterocycles. The summed E-state index contributed by atoms with van der Waals surface area (Å²) in [7, 11) is 0. The van der Waals surface area contributed by atoms with Gasteiger partial charge in [0.25, 0.3) is 5.56 Å². The number of carbonyl (C=O) groups is 1. The van der Waals surface area contributed by atoms with E-state index in [0.29, 0.717) is 24.6 Å². The molecule has 0 atom stereocenters. The first-order chi connectivity index (χ1) is 12.2. The molecule has 0 radical (unpaired) electrons. The zero-order valence-electron chi connectivity index (χ0n) is 14.4. The maximum Gasteiger partial charge on any atom is 0.274 e. The molecule has 2 heterocycles. The fourth-order valence-corrected chi connectivity index (χ4v) is 3.25. The van der Waals surface area contributed by atoms with Crippen molar-refractivity contribution in [1.82, 2.24) is 9.88 Å². The lowest BCUT2D eigenvalue weighted by atomic mass is 9.93. The minimum absolute atomic E-state index is 0.0758. The summed E-state index contributed by atoms with van der Waals surface area (Å²) < 4.78 is 1.62. The van der Waals surface area contributed by atoms with E-state index in [1.165, 1.54) is 0 Å². The highest BCUT2D eigenvalue weighted by atomic mass is 16.2. The zero-order valence-corrected chi connectivity index (χ0v) is 14.4. The Morgan fingerprint density at radius 2 is 1.88 bits per heavy atom. The van der Waals surface area contributed by atoms with Crippen LogP contribution in [0.5, 0.6) is 0 Å². The normalized spacial score (nSPS) is 15.0. The monoisotopic (exact) mass is 339 g/mol. The molecule has 2 N–H and O–H groups in total. The van der Waals surface area contributed by atoms with E-state index in [-0.39, 0.29) is 11.5 Å². The Labute approximate surface area is 148 Å². The smallest absolute Gasteiger partial charge is 0.274 e. The van der Waals surface area contributed by atoms with E-state index >= 15 is 0 Å². The van der Waals surface area contributed by atoms with E-state index in [2.05, 4.69) is 10.6 Å². The number of anilines is 1. The Balaban J connectivity index is 1.59. The number of aromatic nitrogens is 1. The molecule has 5 heteroatoms. The van der Waals surface area contributed by atoms with E-state index in [4.69, 9.17) is 0 Å². The second-order valence-electron chi connectivity index (χ2n) is 6.62. The second-order valence-corrected chi connectivity index (χ2v) is 6.62. The molecule has 0 unspecified atom stereocenters. The summed E-state index contributed by atoms with van der Waals surface area (Å²) in [5, 5.41) is 6.12. The molecule has 1 fully saturated rings. The lowest BCUT2D eigenvalue weighted by Crippen LogP contribution is -2.29. The quantitative estimate of drug-likeness (QED) is 0.850. The molecule has 1 saturated heterocycles. The van der Waals surface area contributed by atoms with Crippen LogP contribution in [0.1, 0.15) is 31.2 Å². The number of pyridine rings is 1. The average Bonchev–Trinajstić information content (AvgIpc) is 2.65. The number of benzene rings is 1. The van der Waals surface area contributed by atoms with Crippen molar-refractivity contribution in [2.24, 2.45) is 5.92 Å². The standard InChI is InChI=1S/C20H25N3O2/c24-19(9-8-16-10-12-21-13-11-16)22-18-7-4-14-23(20(18)25)15-17-5-2-1-3-6-17/h1-7,14,16,21H,8-13,15H2,(H,22,24). The van der Waals surface area contributed by atoms with Crippen molar-refractivity contribution in [2.75, 3.05) is 18.4 Å². The van der Waals surface area contributed by atoms with Gasteiger partial charge in [0, 0.05) is 12.6 Å². The van der Waals surface area contributed by atoms with E-state index in [9.17, 15) is 9.59 Å². The van der Waals surface area contributed by atoms with Gasteiger partial charge in [-0.1, -0.05) is 30.3 Å². The largest absolute Gasteiger partial charge is 0.321 e. The highest BCUT2D eigenvalue weighted by molar-refractivity contribution is 5.90. The zero-order chi connectivity index (χ0) is 17.5. The summed E-state index contributed by atoms with van der Waals surface area (Å²) in [6.45, 7) is 2.57. The first-order valence-corrected chi connectivity index (χ1v) is 8.96. The van der Waals surface area contributed by atoms with E-state index in [0.717, 1.165) is 37.9 Å². The van der Waals surface area contributed by atoms with Gasteiger partial charge in [-0.15, -0.1) is 0 Å². The van der Waals surface area contributed by atoms with Gasteiger partial charge in [0.1, 0.15) is 5.69 Å². The van der Waals surface area contributed by atoms with Crippen molar-refractivity contribution in [3.63, 3.8) is 0 Å². The van der Waals surface area contributed by atoms with Crippen molar-refractivity contribution in [3.8, 4) is 0 Å². The summed E-state index contributed by atoms with van der Waals surface area (Å²) in [6.07, 6.45) is 5.36. The third-order valence-corrected chi connectivity index (χ3v) is 4.73. The molecule has 0 saturated carbocycles. The second kappa shape index (κ2) is 8.62. The van der Waals surface area contributed by atoms with E-state index in [1.54, 1.807) is 22.9 Å². The third-order valence-electron chi connectivity index (χ3n) is 4.73. The van der Waals surface area contributed by atoms with Gasteiger partial charge in [-0.2, -0.15) is 0 Å². The van der Waals surface area contributed by atoms with Crippen LogP contribution in [0.15, 0.2) is 53.5 Å². The maximum absolute atomic E-state index is 12.6. The number of hydrogen-bond donors (Lipinski definition) is 2. The molecule has 25 heavy (non-hydrogen) atoms. The van der Waals surface area contributed by atoms with E-state index < -0.39 is 0 Å². The van der Waals surface area contributed by atoms with E-state index in [1.807, 2.05) is 30.3 Å². The number of hydrogen-bond acceptors (Lipinski definition) is 3. The lowest BCUT2D eigenvalue weighted by molar-refractivity contribution is -0.116. The predicted octanol–water partition coefficient (Wildman–Crippen LogP) is 2.61. The van der Waals surface area contributed by atoms with Gasteiger partial charge in [-0.3, -0.25) is 9.59 Å². The Morgan fingerprint density at radius 1 is 1.12 bits per heavy atom. The molecule has 1 aromatic carbocycles. The van der Waals surface area contributed by atoms with Gasteiger partial charge in [0.15, 0.2) is 0 Å². The Kier molecular flexibility index (Phi) is 6.01. The highest BCUT2D eigenvalue weighted by Gasteiger charge is 2.15. The lowest BCUT2D eigenvalue weighted by Gasteiger charge is -2.22. The molecule has 2 aromatic rings. The summed E-state index contributed by atoms with van der Waals surface area (Å²) in [5.41, 5.74) is 1.24. The van der Waals surface area contributed by atoms with Crippen LogP contribution in [0.4, 0.5) is 5.69 Å². The van der Waals surface area contributed by atoms with Crippen molar-refractivity contribution in [2.45, 2.75) is 32.2 Å². The molecule has 1 amide bonds. The topological polar surface area (TPSA) is 63.1 Å². The minimum atomic E-state index is -0.165. The van der Waals surface area contributed by atoms with Gasteiger partial charge in [0.2, 0.25) is 5.91 Å². The Hall–Kier alpha value is -2.40. The molecule has 0 bridgehead atoms. The molecular formula is C20H25N3O2. The van der Waals surface area contributed by atoms with Crippen LogP contribution in [-0.2, 0) is 11.3 Å². The van der Waals surface area contributed by atoms with Crippen LogP contribution < -0.4 is 16.2 Å². The molecular weight excluding hydrogens is 314 g/mol. The minimum Gasteiger partial charge on any atom is -0.321 e. The van der Waals surface area contributed by atoms with Gasteiger partial charge in [-0.25, -0.2) is 0 Å². The number of carbonyl (C=O) groups excluding carboxylic acids is 1. The summed E-state index contributed by atoms with van der Waals surface area (Å²) in [4.78, 5) is 24.8. The van der Waals surface area contributed by atoms with Crippen LogP contribution in [0.3, 0.4) is 0 Å². The van der Waals surface area contributed by atoms with Crippen molar-refractivity contribution < 1.29 is 4.79 Å². The number of nitrogens with one attached hydrogen (secondary N) is 2. The Bertz CT molecular complexity index is 749. The molecule has 0 spiro atoms. The number of piperidine rings is 1. The fourth-order valence-electron chi connectivity index (χ4n) is 3.25. The molecule has 0 aliphatic carbocycles. The van der Waals surface area contributed by atoms with Gasteiger partial charge in [0.05, 0.1) is 6.54 Å². The highest BCUT2D eigenvalue weighted by Crippen LogP contribution is 2.18. The Morgan fingerprint density at radius 3 is 2.64 bits per heavy atom. The number of nitrogens with zero attached hydrogens (tertiary/aromatic N) is 1. The first kappa shape index (κ1) is 17.4. The SMILES string of the molecule is O=C(CCC1CCNCC1)Nc1cccn(Cc2ccccc2)c1=O. The molecule has 1 aliphatic heterocycles. The molecule has 1 aliphatic rings. The fraction of sp³-hybridized carbons (Fsp3) is 0.400. The number of amides is 1. The third kappa shape index (κ3) is 5.03. The predicted molar refractivity (Wildman–Crippen MR) is 99.7 cm³/mol. The van der Waals surface area contributed by atoms with Crippen LogP contribution in [0.25, 0.3) is 0 Å². The molecule has 3 rings (SSSR count). The van der Waals surface area contributed by atoms with Gasteiger partial charge in [-0.05, 0) is 56.0 Å². The average molecular weight is 339 g/mol. The molecule has 5 nitrogen and oxygen atoms in total. The van der Waals surface area contributed by atoms with Crippen LogP contribution in [0.2, 0.25) is 0 Å². The van der Waals surface area contributed by atoms with Gasteiger partial charge >= 0.3 is 0 Å². The van der Waals surface area contributed by atoms with Crippen molar-refractivity contribution >= 4 is 11.6 Å². The maximum atomic E-state index is 12.6. The number of rotatable bonds is 6. The van der Waals surface area contributed by atoms with Crippen LogP contribution in [0, 0.1) is 5.92 Å². The van der Waals surface area contributed by atoms with Crippen molar-refractivity contribution in [1.29, 1.82) is 0 Å². The van der Waals surface area contributed by atoms with Crippen LogP contribution in [-0.4, -0.2) is 23.6 Å². The molecule has 132 valence electrons. The van der Waals surface area contributed by atoms with Crippen molar-refractivity contribution in [3.05, 3.63) is 64.6 Å². The summed E-state index contributed by atoms with van der Waals surface area (Å²) in [5.74, 6) is 0.533. The summed E-state index contributed by atoms with van der Waals surface area (Å²) in [6, 6.07) is 13.3. The summed E-state index contributed by atoms with van der Waals surface area (Å²) >= 11 is 0. The van der Waals surface area contributed by atoms with Gasteiger partial charge < -0.3 is 15.2 Å². The first-order valence-electron chi connectivity index (χ1n) is 8.96. The van der Waals surface area contributed by atoms with Crippen LogP contribution >= 0.6 is 0 Å².